The predicted molar refractivity (Wildman–Crippen MR) is 105 cm³/mol. The lowest BCUT2D eigenvalue weighted by Crippen LogP contribution is -2.19. The van der Waals surface area contributed by atoms with Crippen LogP contribution < -0.4 is 10.6 Å². The van der Waals surface area contributed by atoms with Gasteiger partial charge < -0.3 is 5.32 Å². The van der Waals surface area contributed by atoms with Gasteiger partial charge in [-0.25, -0.2) is 9.78 Å². The lowest BCUT2D eigenvalue weighted by molar-refractivity contribution is 0.262. The Morgan fingerprint density at radius 1 is 1.15 bits per heavy atom. The number of aromatic nitrogens is 3. The summed E-state index contributed by atoms with van der Waals surface area (Å²) < 4.78 is 0. The molecule has 0 atom stereocenters. The van der Waals surface area contributed by atoms with Gasteiger partial charge in [0.2, 0.25) is 0 Å². The Bertz CT molecular complexity index is 1060. The van der Waals surface area contributed by atoms with Crippen molar-refractivity contribution in [3.8, 4) is 0 Å². The first kappa shape index (κ1) is 16.0. The van der Waals surface area contributed by atoms with E-state index in [4.69, 9.17) is 0 Å². The predicted octanol–water partition coefficient (Wildman–Crippen LogP) is 4.41. The van der Waals surface area contributed by atoms with Gasteiger partial charge in [0.25, 0.3) is 0 Å². The Labute approximate surface area is 152 Å². The van der Waals surface area contributed by atoms with Crippen molar-refractivity contribution in [2.45, 2.75) is 0 Å². The van der Waals surface area contributed by atoms with Crippen molar-refractivity contribution >= 4 is 51.0 Å². The molecule has 0 radical (unpaired) electrons. The Hall–Kier alpha value is -3.52. The van der Waals surface area contributed by atoms with E-state index in [2.05, 4.69) is 30.8 Å². The topological polar surface area (TPSA) is 95.1 Å². The molecule has 2 heterocycles. The molecule has 0 fully saturated rings. The van der Waals surface area contributed by atoms with Crippen molar-refractivity contribution in [1.82, 2.24) is 15.2 Å². The van der Waals surface area contributed by atoms with Crippen molar-refractivity contribution in [1.29, 1.82) is 0 Å². The number of aliphatic imine (C=N–C) groups is 1. The average molecular weight is 362 g/mol. The minimum Gasteiger partial charge on any atom is -0.308 e. The van der Waals surface area contributed by atoms with Crippen LogP contribution in [0.5, 0.6) is 0 Å². The monoisotopic (exact) mass is 362 g/mol. The molecule has 8 heteroatoms. The van der Waals surface area contributed by atoms with Crippen molar-refractivity contribution in [3.05, 3.63) is 65.8 Å². The molecule has 0 spiro atoms. The molecule has 3 N–H and O–H groups in total. The Kier molecular flexibility index (Phi) is 4.40. The Morgan fingerprint density at radius 3 is 2.85 bits per heavy atom. The van der Waals surface area contributed by atoms with E-state index in [1.54, 1.807) is 23.9 Å². The summed E-state index contributed by atoms with van der Waals surface area (Å²) in [6.07, 6.45) is 3.38. The van der Waals surface area contributed by atoms with Crippen LogP contribution >= 0.6 is 11.3 Å². The zero-order chi connectivity index (χ0) is 17.8. The molecule has 2 aromatic carbocycles. The number of urea groups is 1. The summed E-state index contributed by atoms with van der Waals surface area (Å²) in [6, 6.07) is 14.8. The summed E-state index contributed by atoms with van der Waals surface area (Å²) in [4.78, 5) is 20.4. The maximum Gasteiger partial charge on any atom is 0.325 e. The molecular weight excluding hydrogens is 348 g/mol. The third-order valence-electron chi connectivity index (χ3n) is 3.59. The summed E-state index contributed by atoms with van der Waals surface area (Å²) in [7, 11) is 0. The van der Waals surface area contributed by atoms with E-state index in [-0.39, 0.29) is 6.03 Å². The van der Waals surface area contributed by atoms with Gasteiger partial charge in [-0.2, -0.15) is 5.10 Å². The minimum absolute atomic E-state index is 0.347. The number of nitrogens with zero attached hydrogens (tertiary/aromatic N) is 3. The number of H-pyrrole nitrogens is 1. The third kappa shape index (κ3) is 3.60. The number of thiazole rings is 1. The number of hydrogen-bond acceptors (Lipinski definition) is 5. The van der Waals surface area contributed by atoms with Crippen LogP contribution in [0.25, 0.3) is 10.9 Å². The first-order valence-corrected chi connectivity index (χ1v) is 8.71. The van der Waals surface area contributed by atoms with Gasteiger partial charge >= 0.3 is 6.03 Å². The van der Waals surface area contributed by atoms with E-state index in [1.807, 2.05) is 42.5 Å². The van der Waals surface area contributed by atoms with Crippen LogP contribution in [0.4, 0.5) is 21.3 Å². The second-order valence-electron chi connectivity index (χ2n) is 5.38. The smallest absolute Gasteiger partial charge is 0.308 e. The average Bonchev–Trinajstić information content (AvgIpc) is 3.30. The lowest BCUT2D eigenvalue weighted by atomic mass is 10.2. The van der Waals surface area contributed by atoms with Crippen LogP contribution in [0.15, 0.2) is 65.1 Å². The maximum atomic E-state index is 12.0. The molecule has 0 saturated carbocycles. The van der Waals surface area contributed by atoms with Crippen molar-refractivity contribution < 1.29 is 4.79 Å². The number of benzene rings is 2. The summed E-state index contributed by atoms with van der Waals surface area (Å²) in [5.41, 5.74) is 3.06. The summed E-state index contributed by atoms with van der Waals surface area (Å²) in [5.74, 6) is 0. The largest absolute Gasteiger partial charge is 0.325 e. The second-order valence-corrected chi connectivity index (χ2v) is 6.27. The van der Waals surface area contributed by atoms with Crippen LogP contribution in [0.1, 0.15) is 5.69 Å². The molecule has 0 saturated heterocycles. The highest BCUT2D eigenvalue weighted by Gasteiger charge is 2.08. The Morgan fingerprint density at radius 2 is 2.04 bits per heavy atom. The van der Waals surface area contributed by atoms with Crippen molar-refractivity contribution in [2.24, 2.45) is 4.99 Å². The van der Waals surface area contributed by atoms with Gasteiger partial charge in [-0.3, -0.25) is 15.4 Å². The fourth-order valence-electron chi connectivity index (χ4n) is 2.41. The summed E-state index contributed by atoms with van der Waals surface area (Å²) >= 11 is 1.36. The SMILES string of the molecule is O=C(Nc1ccc2c(C=Nc3ccccc3)[nH]nc2c1)Nc1nccs1. The fourth-order valence-corrected chi connectivity index (χ4v) is 2.93. The number of para-hydroxylation sites is 1. The molecule has 2 amide bonds. The number of carbonyl (C=O) groups is 1. The molecule has 0 unspecified atom stereocenters. The Balaban J connectivity index is 1.50. The first-order valence-electron chi connectivity index (χ1n) is 7.83. The van der Waals surface area contributed by atoms with E-state index in [1.165, 1.54) is 11.3 Å². The molecule has 128 valence electrons. The second kappa shape index (κ2) is 7.16. The van der Waals surface area contributed by atoms with Gasteiger partial charge in [0.1, 0.15) is 0 Å². The fraction of sp³-hybridized carbons (Fsp3) is 0. The van der Waals surface area contributed by atoms with Gasteiger partial charge in [0.05, 0.1) is 23.1 Å². The number of amides is 2. The molecule has 0 aliphatic rings. The summed E-state index contributed by atoms with van der Waals surface area (Å²) in [5, 5.41) is 15.9. The molecule has 0 aliphatic heterocycles. The van der Waals surface area contributed by atoms with Gasteiger partial charge in [0.15, 0.2) is 5.13 Å². The van der Waals surface area contributed by atoms with Gasteiger partial charge in [-0.1, -0.05) is 18.2 Å². The molecule has 2 aromatic heterocycles. The van der Waals surface area contributed by atoms with Gasteiger partial charge in [-0.15, -0.1) is 11.3 Å². The van der Waals surface area contributed by atoms with E-state index < -0.39 is 0 Å². The van der Waals surface area contributed by atoms with E-state index in [0.29, 0.717) is 10.8 Å². The zero-order valence-corrected chi connectivity index (χ0v) is 14.3. The molecule has 0 bridgehead atoms. The quantitative estimate of drug-likeness (QED) is 0.469. The number of hydrogen-bond donors (Lipinski definition) is 3. The van der Waals surface area contributed by atoms with Crippen molar-refractivity contribution in [3.63, 3.8) is 0 Å². The number of anilines is 2. The van der Waals surface area contributed by atoms with Crippen LogP contribution in [0.2, 0.25) is 0 Å². The molecule has 7 nitrogen and oxygen atoms in total. The number of rotatable bonds is 4. The molecular formula is C18H14N6OS. The van der Waals surface area contributed by atoms with E-state index in [0.717, 1.165) is 22.3 Å². The normalized spacial score (nSPS) is 11.1. The third-order valence-corrected chi connectivity index (χ3v) is 4.28. The first-order chi connectivity index (χ1) is 12.8. The molecule has 26 heavy (non-hydrogen) atoms. The standard InChI is InChI=1S/C18H14N6OS/c25-17(22-18-19-8-9-26-18)21-13-6-7-14-15(10-13)23-24-16(14)11-20-12-4-2-1-3-5-12/h1-11H,(H,23,24)(H2,19,21,22,25). The molecule has 0 aliphatic carbocycles. The number of aromatic amines is 1. The van der Waals surface area contributed by atoms with Crippen LogP contribution in [0, 0.1) is 0 Å². The van der Waals surface area contributed by atoms with Crippen LogP contribution in [-0.2, 0) is 0 Å². The maximum absolute atomic E-state index is 12.0. The van der Waals surface area contributed by atoms with E-state index >= 15 is 0 Å². The minimum atomic E-state index is -0.347. The van der Waals surface area contributed by atoms with E-state index in [9.17, 15) is 4.79 Å². The lowest BCUT2D eigenvalue weighted by Gasteiger charge is -2.05. The molecule has 4 rings (SSSR count). The highest BCUT2D eigenvalue weighted by atomic mass is 32.1. The highest BCUT2D eigenvalue weighted by Crippen LogP contribution is 2.21. The van der Waals surface area contributed by atoms with Crippen LogP contribution in [0.3, 0.4) is 0 Å². The zero-order valence-electron chi connectivity index (χ0n) is 13.5. The number of fused-ring (bicyclic) bond motifs is 1. The van der Waals surface area contributed by atoms with Crippen LogP contribution in [-0.4, -0.2) is 27.4 Å². The van der Waals surface area contributed by atoms with Gasteiger partial charge in [-0.05, 0) is 30.3 Å². The summed E-state index contributed by atoms with van der Waals surface area (Å²) in [6.45, 7) is 0. The van der Waals surface area contributed by atoms with Gasteiger partial charge in [0, 0.05) is 22.7 Å². The number of carbonyl (C=O) groups excluding carboxylic acids is 1. The molecule has 4 aromatic rings. The number of nitrogens with one attached hydrogen (secondary N) is 3. The highest BCUT2D eigenvalue weighted by molar-refractivity contribution is 7.13. The van der Waals surface area contributed by atoms with Crippen molar-refractivity contribution in [2.75, 3.05) is 10.6 Å².